The molecule has 4 rings (SSSR count). The lowest BCUT2D eigenvalue weighted by atomic mass is 10.3. The molecule has 2 aromatic carbocycles. The zero-order chi connectivity index (χ0) is 22.0. The topological polar surface area (TPSA) is 113 Å². The number of aryl methyl sites for hydroxylation is 1. The molecule has 1 fully saturated rings. The van der Waals surface area contributed by atoms with Crippen molar-refractivity contribution in [1.29, 1.82) is 0 Å². The van der Waals surface area contributed by atoms with E-state index in [0.717, 1.165) is 15.7 Å². The lowest BCUT2D eigenvalue weighted by molar-refractivity contribution is -0.122. The molecule has 0 saturated carbocycles. The molecule has 31 heavy (non-hydrogen) atoms. The van der Waals surface area contributed by atoms with E-state index in [-0.39, 0.29) is 36.1 Å². The molecule has 2 heterocycles. The largest absolute Gasteiger partial charge is 0.354 e. The molecule has 1 aromatic heterocycles. The van der Waals surface area contributed by atoms with E-state index in [9.17, 15) is 18.0 Å². The van der Waals surface area contributed by atoms with Crippen LogP contribution in [-0.4, -0.2) is 54.0 Å². The third-order valence-electron chi connectivity index (χ3n) is 4.85. The van der Waals surface area contributed by atoms with Crippen molar-refractivity contribution in [3.8, 4) is 5.69 Å². The summed E-state index contributed by atoms with van der Waals surface area (Å²) in [7, 11) is -3.86. The van der Waals surface area contributed by atoms with Crippen molar-refractivity contribution in [2.45, 2.75) is 11.8 Å². The second kappa shape index (κ2) is 8.32. The number of carbonyl (C=O) groups excluding carboxylic acids is 2. The molecular weight excluding hydrogens is 418 g/mol. The number of nitrogens with one attached hydrogen (secondary N) is 2. The van der Waals surface area contributed by atoms with Crippen LogP contribution in [0.4, 0.5) is 5.69 Å². The number of para-hydroxylation sites is 1. The van der Waals surface area contributed by atoms with Gasteiger partial charge in [-0.1, -0.05) is 24.3 Å². The van der Waals surface area contributed by atoms with E-state index in [0.29, 0.717) is 5.69 Å². The predicted octanol–water partition coefficient (Wildman–Crippen LogP) is 1.55. The Morgan fingerprint density at radius 1 is 1.10 bits per heavy atom. The van der Waals surface area contributed by atoms with E-state index in [1.165, 1.54) is 12.1 Å². The molecule has 1 aliphatic rings. The van der Waals surface area contributed by atoms with Gasteiger partial charge in [0.1, 0.15) is 0 Å². The van der Waals surface area contributed by atoms with Crippen LogP contribution in [0.5, 0.6) is 0 Å². The maximum atomic E-state index is 12.9. The van der Waals surface area contributed by atoms with Gasteiger partial charge in [0.2, 0.25) is 15.9 Å². The predicted molar refractivity (Wildman–Crippen MR) is 114 cm³/mol. The van der Waals surface area contributed by atoms with E-state index >= 15 is 0 Å². The Morgan fingerprint density at radius 3 is 2.61 bits per heavy atom. The second-order valence-electron chi connectivity index (χ2n) is 7.09. The van der Waals surface area contributed by atoms with Gasteiger partial charge in [-0.25, -0.2) is 13.1 Å². The number of rotatable bonds is 5. The van der Waals surface area contributed by atoms with Crippen LogP contribution in [0.1, 0.15) is 16.2 Å². The van der Waals surface area contributed by atoms with Crippen LogP contribution in [-0.2, 0) is 14.8 Å². The van der Waals surface area contributed by atoms with Crippen LogP contribution in [0.2, 0.25) is 0 Å². The zero-order valence-corrected chi connectivity index (χ0v) is 17.6. The van der Waals surface area contributed by atoms with Crippen LogP contribution in [0, 0.1) is 6.92 Å². The number of carbonyl (C=O) groups is 2. The normalized spacial score (nSPS) is 14.8. The Kier molecular flexibility index (Phi) is 5.57. The highest BCUT2D eigenvalue weighted by Crippen LogP contribution is 2.21. The van der Waals surface area contributed by atoms with Gasteiger partial charge in [-0.2, -0.15) is 9.40 Å². The average molecular weight is 439 g/mol. The molecule has 1 saturated heterocycles. The first-order valence-corrected chi connectivity index (χ1v) is 11.1. The number of aromatic nitrogens is 2. The van der Waals surface area contributed by atoms with Crippen LogP contribution >= 0.6 is 0 Å². The van der Waals surface area contributed by atoms with Crippen LogP contribution in [0.25, 0.3) is 5.69 Å². The van der Waals surface area contributed by atoms with Crippen molar-refractivity contribution in [3.63, 3.8) is 0 Å². The summed E-state index contributed by atoms with van der Waals surface area (Å²) in [6, 6.07) is 17.0. The van der Waals surface area contributed by atoms with Crippen molar-refractivity contribution >= 4 is 27.5 Å². The van der Waals surface area contributed by atoms with Gasteiger partial charge in [-0.05, 0) is 43.3 Å². The van der Waals surface area contributed by atoms with E-state index in [4.69, 9.17) is 0 Å². The standard InChI is InChI=1S/C21H21N5O4S/c1-15-12-19(24-26(15)17-7-3-2-4-8-17)21(28)23-16-6-5-9-18(13-16)31(29,30)25-11-10-22-20(27)14-25/h2-9,12-13H,10-11,14H2,1H3,(H,22,27)(H,23,28). The number of nitrogens with zero attached hydrogens (tertiary/aromatic N) is 3. The lowest BCUT2D eigenvalue weighted by Crippen LogP contribution is -2.49. The fourth-order valence-corrected chi connectivity index (χ4v) is 4.76. The van der Waals surface area contributed by atoms with Crippen LogP contribution in [0.3, 0.4) is 0 Å². The van der Waals surface area contributed by atoms with Gasteiger partial charge in [-0.15, -0.1) is 0 Å². The Bertz CT molecular complexity index is 1240. The highest BCUT2D eigenvalue weighted by molar-refractivity contribution is 7.89. The summed E-state index contributed by atoms with van der Waals surface area (Å²) in [6.07, 6.45) is 0. The molecule has 10 heteroatoms. The van der Waals surface area contributed by atoms with Crippen molar-refractivity contribution in [2.24, 2.45) is 0 Å². The molecule has 0 atom stereocenters. The highest BCUT2D eigenvalue weighted by Gasteiger charge is 2.29. The molecule has 0 spiro atoms. The molecule has 0 unspecified atom stereocenters. The highest BCUT2D eigenvalue weighted by atomic mass is 32.2. The van der Waals surface area contributed by atoms with Gasteiger partial charge in [0.25, 0.3) is 5.91 Å². The number of benzene rings is 2. The minimum atomic E-state index is -3.86. The summed E-state index contributed by atoms with van der Waals surface area (Å²) in [4.78, 5) is 24.3. The fraction of sp³-hybridized carbons (Fsp3) is 0.190. The summed E-state index contributed by atoms with van der Waals surface area (Å²) >= 11 is 0. The number of hydrogen-bond acceptors (Lipinski definition) is 5. The first-order chi connectivity index (χ1) is 14.8. The third kappa shape index (κ3) is 4.35. The van der Waals surface area contributed by atoms with Crippen molar-refractivity contribution in [2.75, 3.05) is 25.0 Å². The van der Waals surface area contributed by atoms with E-state index in [2.05, 4.69) is 15.7 Å². The van der Waals surface area contributed by atoms with Gasteiger partial charge in [0.15, 0.2) is 5.69 Å². The van der Waals surface area contributed by atoms with Crippen molar-refractivity contribution in [1.82, 2.24) is 19.4 Å². The average Bonchev–Trinajstić information content (AvgIpc) is 3.16. The maximum absolute atomic E-state index is 12.9. The molecule has 0 radical (unpaired) electrons. The van der Waals surface area contributed by atoms with Gasteiger partial charge < -0.3 is 10.6 Å². The molecule has 1 aliphatic heterocycles. The summed E-state index contributed by atoms with van der Waals surface area (Å²) in [6.45, 7) is 2.08. The first-order valence-electron chi connectivity index (χ1n) is 9.65. The molecule has 9 nitrogen and oxygen atoms in total. The SMILES string of the molecule is Cc1cc(C(=O)Nc2cccc(S(=O)(=O)N3CCNC(=O)C3)c2)nn1-c1ccccc1. The first kappa shape index (κ1) is 20.8. The molecule has 0 aliphatic carbocycles. The Morgan fingerprint density at radius 2 is 1.87 bits per heavy atom. The summed E-state index contributed by atoms with van der Waals surface area (Å²) in [5.74, 6) is -0.798. The monoisotopic (exact) mass is 439 g/mol. The maximum Gasteiger partial charge on any atom is 0.276 e. The molecule has 3 aromatic rings. The molecule has 2 amide bonds. The number of anilines is 1. The van der Waals surface area contributed by atoms with Gasteiger partial charge >= 0.3 is 0 Å². The quantitative estimate of drug-likeness (QED) is 0.626. The zero-order valence-electron chi connectivity index (χ0n) is 16.8. The molecule has 160 valence electrons. The second-order valence-corrected chi connectivity index (χ2v) is 9.03. The minimum absolute atomic E-state index is 0.00555. The number of hydrogen-bond donors (Lipinski definition) is 2. The Labute approximate surface area is 179 Å². The number of amides is 2. The smallest absolute Gasteiger partial charge is 0.276 e. The third-order valence-corrected chi connectivity index (χ3v) is 6.70. The Balaban J connectivity index is 1.54. The summed E-state index contributed by atoms with van der Waals surface area (Å²) in [5.41, 5.74) is 2.15. The minimum Gasteiger partial charge on any atom is -0.354 e. The summed E-state index contributed by atoms with van der Waals surface area (Å²) < 4.78 is 28.5. The van der Waals surface area contributed by atoms with Crippen LogP contribution < -0.4 is 10.6 Å². The van der Waals surface area contributed by atoms with Gasteiger partial charge in [0, 0.05) is 24.5 Å². The summed E-state index contributed by atoms with van der Waals surface area (Å²) in [5, 5.41) is 9.66. The van der Waals surface area contributed by atoms with E-state index < -0.39 is 15.9 Å². The molecule has 2 N–H and O–H groups in total. The lowest BCUT2D eigenvalue weighted by Gasteiger charge is -2.26. The number of piperazine rings is 1. The Hall–Kier alpha value is -3.50. The van der Waals surface area contributed by atoms with Gasteiger partial charge in [0.05, 0.1) is 17.1 Å². The van der Waals surface area contributed by atoms with Gasteiger partial charge in [-0.3, -0.25) is 9.59 Å². The fourth-order valence-electron chi connectivity index (χ4n) is 3.31. The van der Waals surface area contributed by atoms with E-state index in [1.54, 1.807) is 22.9 Å². The molecule has 0 bridgehead atoms. The van der Waals surface area contributed by atoms with Crippen molar-refractivity contribution in [3.05, 3.63) is 72.1 Å². The molecular formula is C21H21N5O4S. The number of sulfonamides is 1. The van der Waals surface area contributed by atoms with Crippen molar-refractivity contribution < 1.29 is 18.0 Å². The van der Waals surface area contributed by atoms with Crippen LogP contribution in [0.15, 0.2) is 65.6 Å². The van der Waals surface area contributed by atoms with E-state index in [1.807, 2.05) is 37.3 Å².